The van der Waals surface area contributed by atoms with E-state index in [1.165, 1.54) is 11.4 Å². The van der Waals surface area contributed by atoms with E-state index in [1.54, 1.807) is 29.2 Å². The molecule has 3 rings (SSSR count). The van der Waals surface area contributed by atoms with Crippen molar-refractivity contribution in [1.29, 1.82) is 0 Å². The Kier molecular flexibility index (Phi) is 5.08. The van der Waals surface area contributed by atoms with Crippen LogP contribution in [0.3, 0.4) is 0 Å². The van der Waals surface area contributed by atoms with Gasteiger partial charge in [0.25, 0.3) is 5.91 Å². The van der Waals surface area contributed by atoms with E-state index in [0.29, 0.717) is 37.4 Å². The van der Waals surface area contributed by atoms with Crippen molar-refractivity contribution in [3.8, 4) is 5.75 Å². The fourth-order valence-electron chi connectivity index (χ4n) is 3.35. The lowest BCUT2D eigenvalue weighted by Crippen LogP contribution is -2.53. The van der Waals surface area contributed by atoms with Gasteiger partial charge in [0.1, 0.15) is 5.75 Å². The van der Waals surface area contributed by atoms with Crippen LogP contribution >= 0.6 is 0 Å². The van der Waals surface area contributed by atoms with Crippen molar-refractivity contribution in [2.75, 3.05) is 37.3 Å². The SMILES string of the molecule is COC(=O)C1CCN(C(=O)[C@@H]2CN(S(C)(=O)=O)c3ccccc3O2)CC1. The maximum atomic E-state index is 12.8. The monoisotopic (exact) mass is 382 g/mol. The van der Waals surface area contributed by atoms with E-state index in [9.17, 15) is 18.0 Å². The molecular formula is C17H22N2O6S. The molecule has 0 saturated carbocycles. The number of benzene rings is 1. The number of esters is 1. The summed E-state index contributed by atoms with van der Waals surface area (Å²) >= 11 is 0. The first-order chi connectivity index (χ1) is 12.3. The number of hydrogen-bond acceptors (Lipinski definition) is 6. The third-order valence-electron chi connectivity index (χ3n) is 4.75. The lowest BCUT2D eigenvalue weighted by Gasteiger charge is -2.38. The molecule has 8 nitrogen and oxygen atoms in total. The average molecular weight is 382 g/mol. The zero-order valence-corrected chi connectivity index (χ0v) is 15.6. The standard InChI is InChI=1S/C17H22N2O6S/c1-24-17(21)12-7-9-18(10-8-12)16(20)15-11-19(26(2,22)23)13-5-3-4-6-14(13)25-15/h3-6,12,15H,7-11H2,1-2H3/t15-/m0/s1. The van der Waals surface area contributed by atoms with Gasteiger partial charge in [-0.25, -0.2) is 8.42 Å². The van der Waals surface area contributed by atoms with Crippen molar-refractivity contribution >= 4 is 27.6 Å². The highest BCUT2D eigenvalue weighted by Gasteiger charge is 2.38. The first-order valence-electron chi connectivity index (χ1n) is 8.41. The molecule has 0 bridgehead atoms. The maximum Gasteiger partial charge on any atom is 0.308 e. The van der Waals surface area contributed by atoms with E-state index in [4.69, 9.17) is 9.47 Å². The number of sulfonamides is 1. The second kappa shape index (κ2) is 7.14. The van der Waals surface area contributed by atoms with Gasteiger partial charge in [-0.1, -0.05) is 12.1 Å². The summed E-state index contributed by atoms with van der Waals surface area (Å²) in [6.07, 6.45) is 1.25. The summed E-state index contributed by atoms with van der Waals surface area (Å²) < 4.78 is 36.0. The minimum atomic E-state index is -3.54. The zero-order valence-electron chi connectivity index (χ0n) is 14.8. The fourth-order valence-corrected chi connectivity index (χ4v) is 4.27. The first-order valence-corrected chi connectivity index (χ1v) is 10.3. The summed E-state index contributed by atoms with van der Waals surface area (Å²) in [5.41, 5.74) is 0.434. The van der Waals surface area contributed by atoms with E-state index < -0.39 is 16.1 Å². The first kappa shape index (κ1) is 18.5. The smallest absolute Gasteiger partial charge is 0.308 e. The second-order valence-corrected chi connectivity index (χ2v) is 8.40. The van der Waals surface area contributed by atoms with Crippen LogP contribution in [0.2, 0.25) is 0 Å². The topological polar surface area (TPSA) is 93.2 Å². The molecule has 1 aromatic rings. The lowest BCUT2D eigenvalue weighted by molar-refractivity contribution is -0.150. The number of anilines is 1. The average Bonchev–Trinajstić information content (AvgIpc) is 2.65. The summed E-state index contributed by atoms with van der Waals surface area (Å²) in [6, 6.07) is 6.75. The molecule has 0 N–H and O–H groups in total. The van der Waals surface area contributed by atoms with Crippen LogP contribution in [-0.2, 0) is 24.3 Å². The van der Waals surface area contributed by atoms with Gasteiger partial charge in [-0.05, 0) is 25.0 Å². The molecule has 1 amide bonds. The Balaban J connectivity index is 1.74. The van der Waals surface area contributed by atoms with Crippen molar-refractivity contribution in [3.05, 3.63) is 24.3 Å². The Morgan fingerprint density at radius 1 is 1.19 bits per heavy atom. The van der Waals surface area contributed by atoms with Crippen molar-refractivity contribution in [1.82, 2.24) is 4.90 Å². The summed E-state index contributed by atoms with van der Waals surface area (Å²) in [4.78, 5) is 26.1. The molecule has 1 fully saturated rings. The van der Waals surface area contributed by atoms with E-state index in [2.05, 4.69) is 0 Å². The lowest BCUT2D eigenvalue weighted by atomic mass is 9.96. The van der Waals surface area contributed by atoms with E-state index in [-0.39, 0.29) is 24.3 Å². The molecule has 0 aromatic heterocycles. The van der Waals surface area contributed by atoms with Crippen LogP contribution in [0.5, 0.6) is 5.75 Å². The Morgan fingerprint density at radius 3 is 2.46 bits per heavy atom. The molecular weight excluding hydrogens is 360 g/mol. The molecule has 0 spiro atoms. The molecule has 142 valence electrons. The van der Waals surface area contributed by atoms with Crippen molar-refractivity contribution in [2.24, 2.45) is 5.92 Å². The third kappa shape index (κ3) is 3.62. The Labute approximate surface area is 152 Å². The minimum Gasteiger partial charge on any atom is -0.476 e. The van der Waals surface area contributed by atoms with Crippen molar-refractivity contribution in [3.63, 3.8) is 0 Å². The fraction of sp³-hybridized carbons (Fsp3) is 0.529. The largest absolute Gasteiger partial charge is 0.476 e. The van der Waals surface area contributed by atoms with Crippen LogP contribution in [0.1, 0.15) is 12.8 Å². The number of fused-ring (bicyclic) bond motifs is 1. The summed E-state index contributed by atoms with van der Waals surface area (Å²) in [5, 5.41) is 0. The summed E-state index contributed by atoms with van der Waals surface area (Å²) in [7, 11) is -2.18. The van der Waals surface area contributed by atoms with Crippen LogP contribution in [-0.4, -0.2) is 64.3 Å². The van der Waals surface area contributed by atoms with Gasteiger partial charge >= 0.3 is 5.97 Å². The normalized spacial score (nSPS) is 20.9. The van der Waals surface area contributed by atoms with E-state index in [1.807, 2.05) is 0 Å². The van der Waals surface area contributed by atoms with Gasteiger partial charge in [-0.15, -0.1) is 0 Å². The number of likely N-dealkylation sites (tertiary alicyclic amines) is 1. The number of methoxy groups -OCH3 is 1. The molecule has 1 saturated heterocycles. The highest BCUT2D eigenvalue weighted by molar-refractivity contribution is 7.92. The summed E-state index contributed by atoms with van der Waals surface area (Å²) in [6.45, 7) is 0.767. The molecule has 0 aliphatic carbocycles. The molecule has 1 aromatic carbocycles. The molecule has 2 aliphatic heterocycles. The Hall–Kier alpha value is -2.29. The zero-order chi connectivity index (χ0) is 18.9. The molecule has 1 atom stereocenters. The quantitative estimate of drug-likeness (QED) is 0.712. The number of carbonyl (C=O) groups excluding carboxylic acids is 2. The van der Waals surface area contributed by atoms with Gasteiger partial charge in [0.05, 0.1) is 31.5 Å². The van der Waals surface area contributed by atoms with Gasteiger partial charge in [0.2, 0.25) is 10.0 Å². The highest BCUT2D eigenvalue weighted by Crippen LogP contribution is 2.35. The molecule has 9 heteroatoms. The number of hydrogen-bond donors (Lipinski definition) is 0. The van der Waals surface area contributed by atoms with Crippen molar-refractivity contribution < 1.29 is 27.5 Å². The number of ether oxygens (including phenoxy) is 2. The van der Waals surface area contributed by atoms with Crippen molar-refractivity contribution in [2.45, 2.75) is 18.9 Å². The number of rotatable bonds is 3. The highest BCUT2D eigenvalue weighted by atomic mass is 32.2. The Morgan fingerprint density at radius 2 is 1.85 bits per heavy atom. The number of piperidine rings is 1. The van der Waals surface area contributed by atoms with Crippen LogP contribution in [0.15, 0.2) is 24.3 Å². The van der Waals surface area contributed by atoms with Crippen LogP contribution in [0.4, 0.5) is 5.69 Å². The molecule has 0 radical (unpaired) electrons. The second-order valence-electron chi connectivity index (χ2n) is 6.49. The van der Waals surface area contributed by atoms with Crippen LogP contribution in [0, 0.1) is 5.92 Å². The number of nitrogens with zero attached hydrogens (tertiary/aromatic N) is 2. The van der Waals surface area contributed by atoms with Crippen LogP contribution < -0.4 is 9.04 Å². The summed E-state index contributed by atoms with van der Waals surface area (Å²) in [5.74, 6) is -0.365. The third-order valence-corrected chi connectivity index (χ3v) is 5.90. The van der Waals surface area contributed by atoms with Gasteiger partial charge in [0, 0.05) is 13.1 Å². The molecule has 2 aliphatic rings. The molecule has 26 heavy (non-hydrogen) atoms. The maximum absolute atomic E-state index is 12.8. The van der Waals surface area contributed by atoms with Gasteiger partial charge in [-0.2, -0.15) is 0 Å². The predicted molar refractivity (Wildman–Crippen MR) is 94.4 cm³/mol. The van der Waals surface area contributed by atoms with Gasteiger partial charge < -0.3 is 14.4 Å². The Bertz CT molecular complexity index is 801. The van der Waals surface area contributed by atoms with Crippen LogP contribution in [0.25, 0.3) is 0 Å². The number of carbonyl (C=O) groups is 2. The van der Waals surface area contributed by atoms with E-state index >= 15 is 0 Å². The van der Waals surface area contributed by atoms with Gasteiger partial charge in [0.15, 0.2) is 6.10 Å². The number of amides is 1. The number of para-hydroxylation sites is 2. The predicted octanol–water partition coefficient (Wildman–Crippen LogP) is 0.625. The van der Waals surface area contributed by atoms with Gasteiger partial charge in [-0.3, -0.25) is 13.9 Å². The molecule has 2 heterocycles. The minimum absolute atomic E-state index is 0.0639. The van der Waals surface area contributed by atoms with E-state index in [0.717, 1.165) is 6.26 Å². The molecule has 0 unspecified atom stereocenters.